The zero-order chi connectivity index (χ0) is 20.7. The number of hydrogen-bond acceptors (Lipinski definition) is 3. The van der Waals surface area contributed by atoms with Gasteiger partial charge in [0.15, 0.2) is 5.65 Å². The second-order valence-electron chi connectivity index (χ2n) is 8.50. The van der Waals surface area contributed by atoms with Gasteiger partial charge in [0.25, 0.3) is 0 Å². The Morgan fingerprint density at radius 1 is 0.900 bits per heavy atom. The average Bonchev–Trinajstić information content (AvgIpc) is 3.14. The molecule has 4 nitrogen and oxygen atoms in total. The van der Waals surface area contributed by atoms with Gasteiger partial charge in [-0.25, -0.2) is 14.4 Å². The van der Waals surface area contributed by atoms with E-state index in [1.807, 2.05) is 22.8 Å². The molecule has 1 fully saturated rings. The minimum atomic E-state index is -0.245. The summed E-state index contributed by atoms with van der Waals surface area (Å²) >= 11 is 0. The first-order valence-electron chi connectivity index (χ1n) is 10.5. The lowest BCUT2D eigenvalue weighted by Gasteiger charge is -2.36. The van der Waals surface area contributed by atoms with E-state index < -0.39 is 0 Å². The molecule has 0 aliphatic carbocycles. The Labute approximate surface area is 176 Å². The molecule has 2 aromatic heterocycles. The van der Waals surface area contributed by atoms with Gasteiger partial charge in [-0.15, -0.1) is 0 Å². The van der Waals surface area contributed by atoms with Gasteiger partial charge >= 0.3 is 0 Å². The summed E-state index contributed by atoms with van der Waals surface area (Å²) in [6.07, 6.45) is 4.99. The monoisotopic (exact) mass is 400 g/mol. The lowest BCUT2D eigenvalue weighted by molar-refractivity contribution is 0.356. The van der Waals surface area contributed by atoms with E-state index in [0.29, 0.717) is 11.8 Å². The van der Waals surface area contributed by atoms with Crippen LogP contribution in [0.5, 0.6) is 0 Å². The molecule has 0 N–H and O–H groups in total. The van der Waals surface area contributed by atoms with Crippen molar-refractivity contribution in [2.75, 3.05) is 18.0 Å². The van der Waals surface area contributed by atoms with Gasteiger partial charge in [0.2, 0.25) is 0 Å². The molecular formula is C25H25FN4. The lowest BCUT2D eigenvalue weighted by Crippen LogP contribution is -2.39. The minimum Gasteiger partial charge on any atom is -0.355 e. The molecule has 0 amide bonds. The van der Waals surface area contributed by atoms with Crippen LogP contribution < -0.4 is 4.90 Å². The quantitative estimate of drug-likeness (QED) is 0.442. The van der Waals surface area contributed by atoms with E-state index in [9.17, 15) is 4.39 Å². The van der Waals surface area contributed by atoms with Crippen LogP contribution in [-0.4, -0.2) is 27.6 Å². The van der Waals surface area contributed by atoms with Crippen LogP contribution in [0, 0.1) is 17.7 Å². The molecule has 30 heavy (non-hydrogen) atoms. The maximum atomic E-state index is 13.5. The first kappa shape index (κ1) is 18.8. The van der Waals surface area contributed by atoms with Crippen molar-refractivity contribution in [2.24, 2.45) is 11.8 Å². The number of rotatable bonds is 3. The molecule has 0 radical (unpaired) electrons. The maximum absolute atomic E-state index is 13.5. The highest BCUT2D eigenvalue weighted by atomic mass is 19.1. The van der Waals surface area contributed by atoms with Crippen LogP contribution in [0.1, 0.15) is 20.3 Å². The van der Waals surface area contributed by atoms with E-state index in [2.05, 4.69) is 42.1 Å². The Hall–Kier alpha value is -3.21. The first-order chi connectivity index (χ1) is 14.6. The highest BCUT2D eigenvalue weighted by Gasteiger charge is 2.26. The van der Waals surface area contributed by atoms with Gasteiger partial charge in [0.05, 0.1) is 5.39 Å². The number of aromatic nitrogens is 3. The highest BCUT2D eigenvalue weighted by Crippen LogP contribution is 2.38. The third-order valence-electron chi connectivity index (χ3n) is 5.92. The largest absolute Gasteiger partial charge is 0.355 e. The van der Waals surface area contributed by atoms with Gasteiger partial charge in [-0.1, -0.05) is 44.2 Å². The van der Waals surface area contributed by atoms with E-state index >= 15 is 0 Å². The summed E-state index contributed by atoms with van der Waals surface area (Å²) in [7, 11) is 0. The molecule has 1 saturated heterocycles. The molecule has 1 aliphatic heterocycles. The lowest BCUT2D eigenvalue weighted by atomic mass is 9.91. The maximum Gasteiger partial charge on any atom is 0.150 e. The van der Waals surface area contributed by atoms with Crippen LogP contribution in [0.2, 0.25) is 0 Å². The van der Waals surface area contributed by atoms with Crippen molar-refractivity contribution in [2.45, 2.75) is 20.3 Å². The molecule has 3 heterocycles. The third-order valence-corrected chi connectivity index (χ3v) is 5.92. The Bertz CT molecular complexity index is 1160. The van der Waals surface area contributed by atoms with Crippen molar-refractivity contribution < 1.29 is 4.39 Å². The van der Waals surface area contributed by atoms with Crippen molar-refractivity contribution in [3.8, 4) is 16.8 Å². The molecule has 1 aliphatic rings. The van der Waals surface area contributed by atoms with Gasteiger partial charge in [0, 0.05) is 30.5 Å². The van der Waals surface area contributed by atoms with Crippen LogP contribution in [0.25, 0.3) is 27.8 Å². The molecule has 0 spiro atoms. The number of halogens is 1. The minimum absolute atomic E-state index is 0.245. The fourth-order valence-electron chi connectivity index (χ4n) is 4.76. The van der Waals surface area contributed by atoms with Crippen molar-refractivity contribution >= 4 is 16.9 Å². The summed E-state index contributed by atoms with van der Waals surface area (Å²) in [6, 6.07) is 16.9. The standard InChI is InChI=1S/C25H25FN4/c1-17-12-18(2)14-29(13-17)24-23-22(19-6-4-3-5-7-19)15-30(25(23)28-16-27-24)21-10-8-20(26)9-11-21/h3-11,15-18H,12-14H2,1-2H3. The van der Waals surface area contributed by atoms with Gasteiger partial charge in [0.1, 0.15) is 18.0 Å². The zero-order valence-electron chi connectivity index (χ0n) is 17.3. The molecule has 0 saturated carbocycles. The molecule has 2 atom stereocenters. The van der Waals surface area contributed by atoms with E-state index in [1.165, 1.54) is 18.6 Å². The van der Waals surface area contributed by atoms with E-state index in [0.717, 1.165) is 46.8 Å². The fraction of sp³-hybridized carbons (Fsp3) is 0.280. The predicted molar refractivity (Wildman–Crippen MR) is 119 cm³/mol. The predicted octanol–water partition coefficient (Wildman–Crippen LogP) is 5.71. The van der Waals surface area contributed by atoms with E-state index in [-0.39, 0.29) is 5.82 Å². The summed E-state index contributed by atoms with van der Waals surface area (Å²) in [4.78, 5) is 11.8. The molecule has 5 heteroatoms. The third kappa shape index (κ3) is 3.34. The van der Waals surface area contributed by atoms with Gasteiger partial charge in [-0.05, 0) is 48.1 Å². The smallest absolute Gasteiger partial charge is 0.150 e. The van der Waals surface area contributed by atoms with Crippen LogP contribution in [0.15, 0.2) is 67.1 Å². The highest BCUT2D eigenvalue weighted by molar-refractivity contribution is 6.02. The Balaban J connectivity index is 1.75. The average molecular weight is 401 g/mol. The van der Waals surface area contributed by atoms with Gasteiger partial charge < -0.3 is 9.47 Å². The van der Waals surface area contributed by atoms with Crippen LogP contribution in [0.4, 0.5) is 10.2 Å². The van der Waals surface area contributed by atoms with Crippen LogP contribution >= 0.6 is 0 Å². The second-order valence-corrected chi connectivity index (χ2v) is 8.50. The van der Waals surface area contributed by atoms with Crippen molar-refractivity contribution in [1.82, 2.24) is 14.5 Å². The van der Waals surface area contributed by atoms with Gasteiger partial charge in [-0.2, -0.15) is 0 Å². The number of fused-ring (bicyclic) bond motifs is 1. The van der Waals surface area contributed by atoms with Crippen LogP contribution in [0.3, 0.4) is 0 Å². The molecule has 0 bridgehead atoms. The molecule has 2 aromatic carbocycles. The number of piperidine rings is 1. The summed E-state index contributed by atoms with van der Waals surface area (Å²) < 4.78 is 15.6. The summed E-state index contributed by atoms with van der Waals surface area (Å²) in [5, 5.41) is 1.05. The Morgan fingerprint density at radius 3 is 2.30 bits per heavy atom. The normalized spacial score (nSPS) is 19.4. The number of hydrogen-bond donors (Lipinski definition) is 0. The van der Waals surface area contributed by atoms with Crippen molar-refractivity contribution in [3.63, 3.8) is 0 Å². The molecule has 4 aromatic rings. The summed E-state index contributed by atoms with van der Waals surface area (Å²) in [6.45, 7) is 6.60. The summed E-state index contributed by atoms with van der Waals surface area (Å²) in [5.74, 6) is 1.99. The Kier molecular flexibility index (Phi) is 4.74. The second kappa shape index (κ2) is 7.56. The molecular weight excluding hydrogens is 375 g/mol. The van der Waals surface area contributed by atoms with Crippen LogP contribution in [-0.2, 0) is 0 Å². The molecule has 152 valence electrons. The first-order valence-corrected chi connectivity index (χ1v) is 10.5. The fourth-order valence-corrected chi connectivity index (χ4v) is 4.76. The summed E-state index contributed by atoms with van der Waals surface area (Å²) in [5.41, 5.74) is 3.94. The molecule has 2 unspecified atom stereocenters. The number of anilines is 1. The van der Waals surface area contributed by atoms with E-state index in [4.69, 9.17) is 4.98 Å². The Morgan fingerprint density at radius 2 is 1.60 bits per heavy atom. The number of nitrogens with zero attached hydrogens (tertiary/aromatic N) is 4. The van der Waals surface area contributed by atoms with Crippen molar-refractivity contribution in [3.05, 3.63) is 72.9 Å². The van der Waals surface area contributed by atoms with Gasteiger partial charge in [-0.3, -0.25) is 0 Å². The topological polar surface area (TPSA) is 34.0 Å². The number of benzene rings is 2. The molecule has 5 rings (SSSR count). The SMILES string of the molecule is CC1CC(C)CN(c2ncnc3c2c(-c2ccccc2)cn3-c2ccc(F)cc2)C1. The van der Waals surface area contributed by atoms with E-state index in [1.54, 1.807) is 18.5 Å². The zero-order valence-corrected chi connectivity index (χ0v) is 17.3. The van der Waals surface area contributed by atoms with Crippen molar-refractivity contribution in [1.29, 1.82) is 0 Å².